The molecule has 160 valence electrons. The van der Waals surface area contributed by atoms with Crippen molar-refractivity contribution >= 4 is 20.0 Å². The van der Waals surface area contributed by atoms with Crippen LogP contribution in [0.15, 0.2) is 53.6 Å². The lowest BCUT2D eigenvalue weighted by Gasteiger charge is -2.25. The number of unbranched alkanes of at least 4 members (excludes halogenated alkanes) is 1. The molecule has 2 N–H and O–H groups in total. The molecule has 2 rings (SSSR count). The van der Waals surface area contributed by atoms with Gasteiger partial charge in [0.15, 0.2) is 0 Å². The first-order valence-corrected chi connectivity index (χ1v) is 12.4. The number of hydrogen-bond acceptors (Lipinski definition) is 5. The van der Waals surface area contributed by atoms with E-state index in [-0.39, 0.29) is 5.41 Å². The quantitative estimate of drug-likeness (QED) is 0.241. The van der Waals surface area contributed by atoms with Gasteiger partial charge in [0.1, 0.15) is 0 Å². The van der Waals surface area contributed by atoms with Crippen LogP contribution in [0.3, 0.4) is 0 Å². The van der Waals surface area contributed by atoms with Gasteiger partial charge in [-0.2, -0.15) is 0 Å². The van der Waals surface area contributed by atoms with Crippen molar-refractivity contribution in [2.75, 3.05) is 18.9 Å². The summed E-state index contributed by atoms with van der Waals surface area (Å²) in [6, 6.07) is 14.9. The van der Waals surface area contributed by atoms with Gasteiger partial charge in [0.2, 0.25) is 0 Å². The molecule has 1 atom stereocenters. The molecule has 0 saturated carbocycles. The minimum Gasteiger partial charge on any atom is -0.326 e. The average Bonchev–Trinajstić information content (AvgIpc) is 2.72. The third-order valence-electron chi connectivity index (χ3n) is 4.85. The highest BCUT2D eigenvalue weighted by Gasteiger charge is 2.19. The highest BCUT2D eigenvalue weighted by Crippen LogP contribution is 2.29. The molecule has 0 fully saturated rings. The Hall–Kier alpha value is -1.17. The molecule has 1 aromatic carbocycles. The van der Waals surface area contributed by atoms with Crippen LogP contribution in [0.2, 0.25) is 0 Å². The second kappa shape index (κ2) is 13.2. The van der Waals surface area contributed by atoms with E-state index in [0.717, 1.165) is 18.0 Å². The second-order valence-electron chi connectivity index (χ2n) is 7.69. The summed E-state index contributed by atoms with van der Waals surface area (Å²) < 4.78 is 15.1. The smallest absolute Gasteiger partial charge is 0.316 e. The predicted octanol–water partition coefficient (Wildman–Crippen LogP) is 5.20. The van der Waals surface area contributed by atoms with Crippen molar-refractivity contribution in [3.8, 4) is 0 Å². The molecule has 0 aliphatic rings. The van der Waals surface area contributed by atoms with Gasteiger partial charge in [-0.25, -0.2) is 0 Å². The van der Waals surface area contributed by atoms with Crippen LogP contribution in [0, 0.1) is 0 Å². The van der Waals surface area contributed by atoms with Crippen molar-refractivity contribution in [2.24, 2.45) is 0 Å². The van der Waals surface area contributed by atoms with Gasteiger partial charge in [0.25, 0.3) is 0 Å². The van der Waals surface area contributed by atoms with E-state index in [1.807, 2.05) is 18.0 Å². The molecule has 0 aliphatic heterocycles. The Labute approximate surface area is 179 Å². The van der Waals surface area contributed by atoms with Gasteiger partial charge in [-0.05, 0) is 54.7 Å². The molecule has 0 aliphatic carbocycles. The highest BCUT2D eigenvalue weighted by molar-refractivity contribution is 7.99. The summed E-state index contributed by atoms with van der Waals surface area (Å²) in [4.78, 5) is 14.3. The highest BCUT2D eigenvalue weighted by atomic mass is 32.2. The molecule has 0 saturated heterocycles. The van der Waals surface area contributed by atoms with E-state index < -0.39 is 8.25 Å². The van der Waals surface area contributed by atoms with E-state index in [9.17, 15) is 4.57 Å². The minimum absolute atomic E-state index is 0.227. The van der Waals surface area contributed by atoms with Crippen LogP contribution in [0.25, 0.3) is 0 Å². The fourth-order valence-corrected chi connectivity index (χ4v) is 4.26. The largest absolute Gasteiger partial charge is 0.326 e. The zero-order valence-corrected chi connectivity index (χ0v) is 19.2. The summed E-state index contributed by atoms with van der Waals surface area (Å²) in [7, 11) is -2.80. The number of benzene rings is 1. The van der Waals surface area contributed by atoms with Crippen LogP contribution in [-0.4, -0.2) is 28.8 Å². The fraction of sp³-hybridized carbons (Fsp3) is 0.500. The molecule has 2 aromatic rings. The number of aromatic nitrogens is 1. The summed E-state index contributed by atoms with van der Waals surface area (Å²) >= 11 is 1.86. The third-order valence-corrected chi connectivity index (χ3v) is 6.37. The van der Waals surface area contributed by atoms with Crippen LogP contribution in [0.5, 0.6) is 0 Å². The fourth-order valence-electron chi connectivity index (χ4n) is 3.07. The molecule has 0 spiro atoms. The Bertz CT molecular complexity index is 727. The second-order valence-corrected chi connectivity index (χ2v) is 9.67. The van der Waals surface area contributed by atoms with Gasteiger partial charge in [0.05, 0.1) is 12.3 Å². The van der Waals surface area contributed by atoms with E-state index in [1.165, 1.54) is 29.7 Å². The summed E-state index contributed by atoms with van der Waals surface area (Å²) in [5, 5.41) is 3.26. The van der Waals surface area contributed by atoms with Crippen molar-refractivity contribution in [2.45, 2.75) is 56.4 Å². The van der Waals surface area contributed by atoms with E-state index in [0.29, 0.717) is 19.6 Å². The lowest BCUT2D eigenvalue weighted by Crippen LogP contribution is -2.16. The maximum atomic E-state index is 10.4. The Morgan fingerprint density at radius 3 is 2.62 bits per heavy atom. The Kier molecular flexibility index (Phi) is 11.0. The van der Waals surface area contributed by atoms with Crippen LogP contribution in [0.4, 0.5) is 0 Å². The monoisotopic (exact) mass is 436 g/mol. The van der Waals surface area contributed by atoms with Gasteiger partial charge < -0.3 is 14.7 Å². The van der Waals surface area contributed by atoms with Crippen molar-refractivity contribution in [3.63, 3.8) is 0 Å². The van der Waals surface area contributed by atoms with Crippen molar-refractivity contribution in [3.05, 3.63) is 59.9 Å². The van der Waals surface area contributed by atoms with E-state index in [2.05, 4.69) is 71.1 Å². The zero-order valence-electron chi connectivity index (χ0n) is 17.4. The molecule has 1 heterocycles. The molecule has 5 nitrogen and oxygen atoms in total. The lowest BCUT2D eigenvalue weighted by molar-refractivity contribution is 0.276. The SMILES string of the molecule is CC(C)(CCCCSc1ccc(CNCCCO[PH](=O)O)nc1)c1ccccc1. The van der Waals surface area contributed by atoms with Gasteiger partial charge >= 0.3 is 8.25 Å². The van der Waals surface area contributed by atoms with Gasteiger partial charge in [-0.15, -0.1) is 11.8 Å². The predicted molar refractivity (Wildman–Crippen MR) is 122 cm³/mol. The van der Waals surface area contributed by atoms with Crippen molar-refractivity contribution < 1.29 is 14.0 Å². The Morgan fingerprint density at radius 1 is 1.14 bits per heavy atom. The van der Waals surface area contributed by atoms with Crippen LogP contribution < -0.4 is 5.32 Å². The molecule has 29 heavy (non-hydrogen) atoms. The molecule has 0 radical (unpaired) electrons. The van der Waals surface area contributed by atoms with Crippen LogP contribution >= 0.6 is 20.0 Å². The van der Waals surface area contributed by atoms with E-state index in [1.54, 1.807) is 0 Å². The number of thioether (sulfide) groups is 1. The third kappa shape index (κ3) is 9.92. The number of nitrogens with one attached hydrogen (secondary N) is 1. The van der Waals surface area contributed by atoms with Crippen LogP contribution in [-0.2, 0) is 21.0 Å². The van der Waals surface area contributed by atoms with Gasteiger partial charge in [-0.3, -0.25) is 9.55 Å². The molecular formula is C22H33N2O3PS. The first-order valence-electron chi connectivity index (χ1n) is 10.2. The maximum absolute atomic E-state index is 10.4. The molecule has 0 bridgehead atoms. The van der Waals surface area contributed by atoms with Crippen LogP contribution in [0.1, 0.15) is 50.8 Å². The first-order chi connectivity index (χ1) is 14.0. The maximum Gasteiger partial charge on any atom is 0.316 e. The molecular weight excluding hydrogens is 403 g/mol. The number of pyridine rings is 1. The molecule has 0 amide bonds. The zero-order chi connectivity index (χ0) is 21.0. The Balaban J connectivity index is 1.58. The Morgan fingerprint density at radius 2 is 1.93 bits per heavy atom. The minimum atomic E-state index is -2.80. The summed E-state index contributed by atoms with van der Waals surface area (Å²) in [6.45, 7) is 6.37. The van der Waals surface area contributed by atoms with Crippen molar-refractivity contribution in [1.82, 2.24) is 10.3 Å². The topological polar surface area (TPSA) is 71.5 Å². The summed E-state index contributed by atoms with van der Waals surface area (Å²) in [5.41, 5.74) is 2.64. The summed E-state index contributed by atoms with van der Waals surface area (Å²) in [6.07, 6.45) is 6.26. The number of hydrogen-bond donors (Lipinski definition) is 2. The number of rotatable bonds is 14. The summed E-state index contributed by atoms with van der Waals surface area (Å²) in [5.74, 6) is 1.11. The normalized spacial score (nSPS) is 12.8. The van der Waals surface area contributed by atoms with Crippen molar-refractivity contribution in [1.29, 1.82) is 0 Å². The molecule has 1 aromatic heterocycles. The average molecular weight is 437 g/mol. The molecule has 7 heteroatoms. The molecule has 1 unspecified atom stereocenters. The van der Waals surface area contributed by atoms with E-state index >= 15 is 0 Å². The first kappa shape index (κ1) is 24.1. The number of nitrogens with zero attached hydrogens (tertiary/aromatic N) is 1. The van der Waals surface area contributed by atoms with E-state index in [4.69, 9.17) is 4.89 Å². The van der Waals surface area contributed by atoms with Gasteiger partial charge in [0, 0.05) is 17.6 Å². The standard InChI is InChI=1S/C22H33N2O3PS/c1-22(2,19-9-4-3-5-10-19)13-6-7-16-29-21-12-11-20(24-18-21)17-23-14-8-15-27-28(25)26/h3-5,9-12,18,23,28H,6-8,13-17H2,1-2H3,(H,25,26). The lowest BCUT2D eigenvalue weighted by atomic mass is 9.80. The van der Waals surface area contributed by atoms with Gasteiger partial charge in [-0.1, -0.05) is 50.6 Å².